The highest BCUT2D eigenvalue weighted by atomic mass is 16.6. The second kappa shape index (κ2) is 65.3. The number of unbranched alkanes of at least 4 members (excludes halogenated alkanes) is 23. The minimum atomic E-state index is -0.487. The summed E-state index contributed by atoms with van der Waals surface area (Å²) < 4.78 is 64.9. The highest BCUT2D eigenvalue weighted by molar-refractivity contribution is 5.91. The van der Waals surface area contributed by atoms with Crippen LogP contribution in [0.5, 0.6) is 17.2 Å². The smallest absolute Gasteiger partial charge is 0.343 e. The van der Waals surface area contributed by atoms with Crippen LogP contribution in [0.4, 0.5) is 0 Å². The molecule has 4 rings (SSSR count). The van der Waals surface area contributed by atoms with E-state index in [9.17, 15) is 52.7 Å². The Morgan fingerprint density at radius 3 is 0.886 bits per heavy atom. The lowest BCUT2D eigenvalue weighted by Gasteiger charge is -2.37. The average Bonchev–Trinajstić information content (AvgIpc) is 0.807. The summed E-state index contributed by atoms with van der Waals surface area (Å²) in [5, 5.41) is 0. The summed E-state index contributed by atoms with van der Waals surface area (Å²) in [6.07, 6.45) is 39.2. The van der Waals surface area contributed by atoms with Crippen LogP contribution in [0.2, 0.25) is 0 Å². The summed E-state index contributed by atoms with van der Waals surface area (Å²) in [5.74, 6) is 0.718. The number of rotatable bonds is 68. The fraction of sp³-hybridized carbons (Fsp3) is 0.725. The van der Waals surface area contributed by atoms with E-state index < -0.39 is 11.9 Å². The average molecular weight is 1600 g/mol. The van der Waals surface area contributed by atoms with Gasteiger partial charge in [0, 0.05) is 56.9 Å². The van der Waals surface area contributed by atoms with Gasteiger partial charge in [0.2, 0.25) is 0 Å². The Labute approximate surface area is 680 Å². The number of ether oxygens (including phenoxy) is 12. The van der Waals surface area contributed by atoms with Crippen molar-refractivity contribution in [3.8, 4) is 17.2 Å². The number of carbonyl (C=O) groups excluding carboxylic acids is 11. The van der Waals surface area contributed by atoms with Crippen molar-refractivity contribution in [1.29, 1.82) is 0 Å². The lowest BCUT2D eigenvalue weighted by atomic mass is 9.68. The topological polar surface area (TPSA) is 299 Å². The Hall–Kier alpha value is -7.85. The predicted octanol–water partition coefficient (Wildman–Crippen LogP) is 19.7. The zero-order valence-electron chi connectivity index (χ0n) is 69.5. The van der Waals surface area contributed by atoms with Gasteiger partial charge >= 0.3 is 65.7 Å². The fourth-order valence-electron chi connectivity index (χ4n) is 13.9. The van der Waals surface area contributed by atoms with Gasteiger partial charge < -0.3 is 56.8 Å². The standard InChI is InChI=1S/C91H140O23/c1-4-5-18-37-73-46-48-74(49-47-73)75-50-52-76(53-51-75)90(101)113-79-58-60-80(61-59-79)114-91(102)77-54-56-78(57-55-77)103-62-27-8-6-7-9-28-63-104-81(92)38-19-10-29-64-105-82(93)39-20-11-30-65-106-83(94)40-21-12-31-66-107-84(95)41-22-13-32-67-108-85(96)42-23-14-33-68-109-86(97)43-24-15-34-69-110-87(98)44-25-16-35-70-111-88(99)45-26-17-36-71-112-89(100)72(2)3/h54-61,73-76H,2,4-53,62-71H2,1,3H3. The molecule has 0 bridgehead atoms. The molecule has 2 fully saturated rings. The van der Waals surface area contributed by atoms with Crippen LogP contribution in [0.1, 0.15) is 345 Å². The van der Waals surface area contributed by atoms with Gasteiger partial charge in [0.1, 0.15) is 17.2 Å². The largest absolute Gasteiger partial charge is 0.494 e. The van der Waals surface area contributed by atoms with Gasteiger partial charge in [-0.25, -0.2) is 9.59 Å². The number of hydrogen-bond donors (Lipinski definition) is 0. The second-order valence-electron chi connectivity index (χ2n) is 30.8. The van der Waals surface area contributed by atoms with E-state index in [1.165, 1.54) is 51.4 Å². The Morgan fingerprint density at radius 1 is 0.298 bits per heavy atom. The van der Waals surface area contributed by atoms with Crippen molar-refractivity contribution in [2.75, 3.05) is 66.1 Å². The van der Waals surface area contributed by atoms with Crippen LogP contribution >= 0.6 is 0 Å². The van der Waals surface area contributed by atoms with E-state index in [1.807, 2.05) is 0 Å². The summed E-state index contributed by atoms with van der Waals surface area (Å²) in [7, 11) is 0. The molecule has 0 N–H and O–H groups in total. The molecular weight excluding hydrogens is 1460 g/mol. The highest BCUT2D eigenvalue weighted by Crippen LogP contribution is 2.43. The van der Waals surface area contributed by atoms with Crippen molar-refractivity contribution in [2.24, 2.45) is 23.7 Å². The van der Waals surface area contributed by atoms with E-state index in [1.54, 1.807) is 55.5 Å². The van der Waals surface area contributed by atoms with E-state index in [4.69, 9.17) is 56.8 Å². The molecule has 2 aromatic rings. The Kier molecular flexibility index (Phi) is 56.4. The molecule has 2 aliphatic carbocycles. The number of benzene rings is 2. The fourth-order valence-corrected chi connectivity index (χ4v) is 13.9. The molecule has 0 aromatic heterocycles. The quantitative estimate of drug-likeness (QED) is 0.0195. The maximum atomic E-state index is 13.1. The predicted molar refractivity (Wildman–Crippen MR) is 433 cm³/mol. The van der Waals surface area contributed by atoms with Gasteiger partial charge in [-0.2, -0.15) is 0 Å². The van der Waals surface area contributed by atoms with E-state index in [0.717, 1.165) is 127 Å². The molecule has 0 atom stereocenters. The van der Waals surface area contributed by atoms with Gasteiger partial charge in [-0.05, 0) is 279 Å². The third kappa shape index (κ3) is 51.9. The molecule has 2 saturated carbocycles. The van der Waals surface area contributed by atoms with Crippen molar-refractivity contribution >= 4 is 65.7 Å². The molecule has 0 aliphatic heterocycles. The van der Waals surface area contributed by atoms with Crippen molar-refractivity contribution in [3.05, 3.63) is 66.2 Å². The molecule has 0 spiro atoms. The van der Waals surface area contributed by atoms with Crippen molar-refractivity contribution in [1.82, 2.24) is 0 Å². The Morgan fingerprint density at radius 2 is 0.570 bits per heavy atom. The van der Waals surface area contributed by atoms with Gasteiger partial charge in [0.15, 0.2) is 0 Å². The molecule has 0 radical (unpaired) electrons. The minimum Gasteiger partial charge on any atom is -0.494 e. The van der Waals surface area contributed by atoms with E-state index in [-0.39, 0.29) is 112 Å². The molecule has 114 heavy (non-hydrogen) atoms. The normalized spacial score (nSPS) is 15.1. The summed E-state index contributed by atoms with van der Waals surface area (Å²) >= 11 is 0. The SMILES string of the molecule is C=C(C)C(=O)OCCCCCC(=O)OCCCCCC(=O)OCCCCCC(=O)OCCCCCC(=O)OCCCCCC(=O)OCCCCCC(=O)OCCCCCC(=O)OCCCCCC(=O)OCCCCCCCCOc1ccc(C(=O)Oc2ccc(OC(=O)C3CCC(C4CCC(CCCCC)CC4)CC3)cc2)cc1. The van der Waals surface area contributed by atoms with Gasteiger partial charge in [-0.15, -0.1) is 0 Å². The third-order valence-corrected chi connectivity index (χ3v) is 20.9. The summed E-state index contributed by atoms with van der Waals surface area (Å²) in [6, 6.07) is 13.5. The summed E-state index contributed by atoms with van der Waals surface area (Å²) in [6.45, 7) is 10.7. The highest BCUT2D eigenvalue weighted by Gasteiger charge is 2.34. The minimum absolute atomic E-state index is 0.0658. The van der Waals surface area contributed by atoms with Crippen molar-refractivity contribution in [3.63, 3.8) is 0 Å². The molecule has 0 saturated heterocycles. The zero-order valence-corrected chi connectivity index (χ0v) is 69.5. The molecule has 23 nitrogen and oxygen atoms in total. The summed E-state index contributed by atoms with van der Waals surface area (Å²) in [4.78, 5) is 134. The van der Waals surface area contributed by atoms with E-state index in [0.29, 0.717) is 203 Å². The second-order valence-corrected chi connectivity index (χ2v) is 30.8. The monoisotopic (exact) mass is 1600 g/mol. The van der Waals surface area contributed by atoms with Crippen LogP contribution < -0.4 is 14.2 Å². The molecule has 642 valence electrons. The van der Waals surface area contributed by atoms with Crippen LogP contribution in [0.25, 0.3) is 0 Å². The lowest BCUT2D eigenvalue weighted by molar-refractivity contribution is -0.146. The molecule has 2 aromatic carbocycles. The first-order valence-corrected chi connectivity index (χ1v) is 43.8. The van der Waals surface area contributed by atoms with Crippen LogP contribution in [0, 0.1) is 23.7 Å². The van der Waals surface area contributed by atoms with E-state index >= 15 is 0 Å². The molecule has 0 amide bonds. The maximum Gasteiger partial charge on any atom is 0.343 e. The Bertz CT molecular complexity index is 3000. The van der Waals surface area contributed by atoms with Crippen LogP contribution in [0.15, 0.2) is 60.7 Å². The number of hydrogen-bond acceptors (Lipinski definition) is 23. The zero-order chi connectivity index (χ0) is 82.1. The lowest BCUT2D eigenvalue weighted by Crippen LogP contribution is -2.30. The van der Waals surface area contributed by atoms with Crippen LogP contribution in [-0.4, -0.2) is 132 Å². The first kappa shape index (κ1) is 98.5. The van der Waals surface area contributed by atoms with Gasteiger partial charge in [0.25, 0.3) is 0 Å². The van der Waals surface area contributed by atoms with Crippen LogP contribution in [0.3, 0.4) is 0 Å². The summed E-state index contributed by atoms with van der Waals surface area (Å²) in [5.41, 5.74) is 0.760. The van der Waals surface area contributed by atoms with Gasteiger partial charge in [-0.3, -0.25) is 43.2 Å². The van der Waals surface area contributed by atoms with Gasteiger partial charge in [0.05, 0.1) is 77.6 Å². The Balaban J connectivity index is 0.801. The maximum absolute atomic E-state index is 13.1. The van der Waals surface area contributed by atoms with Gasteiger partial charge in [-0.1, -0.05) is 77.7 Å². The van der Waals surface area contributed by atoms with Crippen LogP contribution in [-0.2, 0) is 90.6 Å². The molecular formula is C91H140O23. The van der Waals surface area contributed by atoms with Crippen molar-refractivity contribution < 1.29 is 110 Å². The molecule has 0 heterocycles. The molecule has 23 heteroatoms. The molecule has 2 aliphatic rings. The van der Waals surface area contributed by atoms with Crippen molar-refractivity contribution in [2.45, 2.75) is 335 Å². The van der Waals surface area contributed by atoms with E-state index in [2.05, 4.69) is 13.5 Å². The number of carbonyl (C=O) groups is 11. The number of esters is 11. The third-order valence-electron chi connectivity index (χ3n) is 20.9. The molecule has 0 unspecified atom stereocenters. The first-order valence-electron chi connectivity index (χ1n) is 43.8. The first-order chi connectivity index (χ1) is 55.5.